The summed E-state index contributed by atoms with van der Waals surface area (Å²) >= 11 is 1.60. The molecule has 0 aliphatic rings. The van der Waals surface area contributed by atoms with Gasteiger partial charge in [0.25, 0.3) is 0 Å². The lowest BCUT2D eigenvalue weighted by Gasteiger charge is -2.07. The van der Waals surface area contributed by atoms with Crippen molar-refractivity contribution in [3.05, 3.63) is 53.6 Å². The minimum absolute atomic E-state index is 0.104. The van der Waals surface area contributed by atoms with E-state index in [0.717, 1.165) is 21.4 Å². The number of aromatic nitrogens is 2. The zero-order valence-electron chi connectivity index (χ0n) is 11.5. The fourth-order valence-corrected chi connectivity index (χ4v) is 2.92. The first kappa shape index (κ1) is 14.4. The predicted molar refractivity (Wildman–Crippen MR) is 84.5 cm³/mol. The maximum Gasteiger partial charge on any atom is 0.319 e. The summed E-state index contributed by atoms with van der Waals surface area (Å²) in [5.74, 6) is -0.566. The van der Waals surface area contributed by atoms with Gasteiger partial charge in [0, 0.05) is 19.2 Å². The van der Waals surface area contributed by atoms with Gasteiger partial charge in [0.15, 0.2) is 5.82 Å². The van der Waals surface area contributed by atoms with Crippen molar-refractivity contribution in [2.24, 2.45) is 0 Å². The molecule has 0 bridgehead atoms. The first-order valence-corrected chi connectivity index (χ1v) is 7.53. The molecule has 7 heteroatoms. The number of rotatable bonds is 4. The lowest BCUT2D eigenvalue weighted by atomic mass is 10.3. The summed E-state index contributed by atoms with van der Waals surface area (Å²) in [6.45, 7) is 0.429. The second-order valence-corrected chi connectivity index (χ2v) is 5.68. The van der Waals surface area contributed by atoms with Gasteiger partial charge in [-0.05, 0) is 18.2 Å². The molecular formula is C15H13FN4OS. The average molecular weight is 316 g/mol. The number of amides is 2. The van der Waals surface area contributed by atoms with Crippen LogP contribution in [0, 0.1) is 5.82 Å². The molecule has 0 unspecified atom stereocenters. The number of fused-ring (bicyclic) bond motifs is 1. The van der Waals surface area contributed by atoms with Crippen molar-refractivity contribution in [3.8, 4) is 0 Å². The van der Waals surface area contributed by atoms with E-state index in [9.17, 15) is 9.18 Å². The van der Waals surface area contributed by atoms with Crippen LogP contribution in [0.1, 0.15) is 5.01 Å². The van der Waals surface area contributed by atoms with E-state index >= 15 is 0 Å². The van der Waals surface area contributed by atoms with Gasteiger partial charge in [-0.25, -0.2) is 14.2 Å². The molecule has 3 rings (SSSR count). The number of halogens is 1. The van der Waals surface area contributed by atoms with Gasteiger partial charge in [0.05, 0.1) is 27.1 Å². The molecule has 0 radical (unpaired) electrons. The van der Waals surface area contributed by atoms with Gasteiger partial charge < -0.3 is 10.6 Å². The Morgan fingerprint density at radius 1 is 1.27 bits per heavy atom. The quantitative estimate of drug-likeness (QED) is 0.777. The molecule has 0 saturated heterocycles. The molecular weight excluding hydrogens is 303 g/mol. The molecule has 0 fully saturated rings. The molecule has 0 aliphatic carbocycles. The molecule has 0 atom stereocenters. The van der Waals surface area contributed by atoms with Crippen molar-refractivity contribution in [1.82, 2.24) is 15.3 Å². The number of hydrogen-bond acceptors (Lipinski definition) is 4. The van der Waals surface area contributed by atoms with E-state index < -0.39 is 11.8 Å². The Morgan fingerprint density at radius 3 is 2.95 bits per heavy atom. The number of pyridine rings is 1. The fourth-order valence-electron chi connectivity index (χ4n) is 1.95. The number of para-hydroxylation sites is 1. The number of hydrogen-bond donors (Lipinski definition) is 2. The Kier molecular flexibility index (Phi) is 4.24. The van der Waals surface area contributed by atoms with Crippen molar-refractivity contribution < 1.29 is 9.18 Å². The van der Waals surface area contributed by atoms with Crippen molar-refractivity contribution in [2.45, 2.75) is 6.42 Å². The normalized spacial score (nSPS) is 10.6. The average Bonchev–Trinajstić information content (AvgIpc) is 2.92. The number of thiazole rings is 1. The molecule has 2 amide bonds. The van der Waals surface area contributed by atoms with Crippen LogP contribution in [0.25, 0.3) is 10.2 Å². The molecule has 0 spiro atoms. The van der Waals surface area contributed by atoms with Crippen LogP contribution in [0.5, 0.6) is 0 Å². The van der Waals surface area contributed by atoms with Gasteiger partial charge in [0.2, 0.25) is 0 Å². The topological polar surface area (TPSA) is 66.9 Å². The summed E-state index contributed by atoms with van der Waals surface area (Å²) in [6, 6.07) is 8.85. The van der Waals surface area contributed by atoms with E-state index in [1.165, 1.54) is 12.3 Å². The third-order valence-electron chi connectivity index (χ3n) is 2.98. The van der Waals surface area contributed by atoms with Crippen LogP contribution in [0.15, 0.2) is 42.7 Å². The standard InChI is InChI=1S/C15H13FN4OS/c16-10-9-17-7-5-11(10)20-15(21)18-8-6-14-19-12-3-1-2-4-13(12)22-14/h1-5,7,9H,6,8H2,(H2,17,18,20,21). The molecule has 3 aromatic rings. The lowest BCUT2D eigenvalue weighted by molar-refractivity contribution is 0.252. The lowest BCUT2D eigenvalue weighted by Crippen LogP contribution is -2.30. The number of benzene rings is 1. The Labute approximate surface area is 130 Å². The Bertz CT molecular complexity index is 772. The van der Waals surface area contributed by atoms with Crippen LogP contribution in [0.4, 0.5) is 14.9 Å². The second kappa shape index (κ2) is 6.48. The first-order chi connectivity index (χ1) is 10.7. The zero-order valence-corrected chi connectivity index (χ0v) is 12.4. The summed E-state index contributed by atoms with van der Waals surface area (Å²) in [5.41, 5.74) is 1.07. The highest BCUT2D eigenvalue weighted by Crippen LogP contribution is 2.21. The van der Waals surface area contributed by atoms with Gasteiger partial charge in [-0.1, -0.05) is 12.1 Å². The van der Waals surface area contributed by atoms with E-state index in [1.807, 2.05) is 24.3 Å². The van der Waals surface area contributed by atoms with Gasteiger partial charge in [-0.15, -0.1) is 11.3 Å². The maximum absolute atomic E-state index is 13.3. The van der Waals surface area contributed by atoms with E-state index in [1.54, 1.807) is 11.3 Å². The van der Waals surface area contributed by atoms with E-state index in [-0.39, 0.29) is 5.69 Å². The number of carbonyl (C=O) groups excluding carboxylic acids is 1. The summed E-state index contributed by atoms with van der Waals surface area (Å²) in [5, 5.41) is 6.08. The summed E-state index contributed by atoms with van der Waals surface area (Å²) < 4.78 is 14.5. The molecule has 1 aromatic carbocycles. The smallest absolute Gasteiger partial charge is 0.319 e. The number of carbonyl (C=O) groups is 1. The molecule has 2 N–H and O–H groups in total. The van der Waals surface area contributed by atoms with E-state index in [0.29, 0.717) is 13.0 Å². The van der Waals surface area contributed by atoms with Gasteiger partial charge in [0.1, 0.15) is 0 Å². The van der Waals surface area contributed by atoms with Crippen LogP contribution >= 0.6 is 11.3 Å². The highest BCUT2D eigenvalue weighted by atomic mass is 32.1. The molecule has 5 nitrogen and oxygen atoms in total. The molecule has 22 heavy (non-hydrogen) atoms. The zero-order chi connectivity index (χ0) is 15.4. The minimum Gasteiger partial charge on any atom is -0.337 e. The van der Waals surface area contributed by atoms with Crippen LogP contribution < -0.4 is 10.6 Å². The van der Waals surface area contributed by atoms with Crippen molar-refractivity contribution in [3.63, 3.8) is 0 Å². The number of anilines is 1. The fraction of sp³-hybridized carbons (Fsp3) is 0.133. The Morgan fingerprint density at radius 2 is 2.14 bits per heavy atom. The van der Waals surface area contributed by atoms with Crippen molar-refractivity contribution in [2.75, 3.05) is 11.9 Å². The van der Waals surface area contributed by atoms with Crippen LogP contribution in [0.2, 0.25) is 0 Å². The van der Waals surface area contributed by atoms with Crippen molar-refractivity contribution in [1.29, 1.82) is 0 Å². The Hall–Kier alpha value is -2.54. The summed E-state index contributed by atoms with van der Waals surface area (Å²) in [7, 11) is 0. The molecule has 2 aromatic heterocycles. The number of nitrogens with zero attached hydrogens (tertiary/aromatic N) is 2. The number of nitrogens with one attached hydrogen (secondary N) is 2. The third kappa shape index (κ3) is 3.37. The Balaban J connectivity index is 1.52. The summed E-state index contributed by atoms with van der Waals surface area (Å²) in [6.07, 6.45) is 3.10. The monoisotopic (exact) mass is 316 g/mol. The molecule has 112 valence electrons. The first-order valence-electron chi connectivity index (χ1n) is 6.71. The van der Waals surface area contributed by atoms with Gasteiger partial charge in [-0.3, -0.25) is 4.98 Å². The largest absolute Gasteiger partial charge is 0.337 e. The van der Waals surface area contributed by atoms with Gasteiger partial charge in [-0.2, -0.15) is 0 Å². The van der Waals surface area contributed by atoms with Crippen LogP contribution in [-0.4, -0.2) is 22.5 Å². The molecule has 0 aliphatic heterocycles. The van der Waals surface area contributed by atoms with Crippen LogP contribution in [0.3, 0.4) is 0 Å². The minimum atomic E-state index is -0.566. The summed E-state index contributed by atoms with van der Waals surface area (Å²) in [4.78, 5) is 19.8. The van der Waals surface area contributed by atoms with E-state index in [4.69, 9.17) is 0 Å². The molecule has 0 saturated carbocycles. The van der Waals surface area contributed by atoms with Crippen molar-refractivity contribution >= 4 is 33.3 Å². The second-order valence-electron chi connectivity index (χ2n) is 4.56. The maximum atomic E-state index is 13.3. The molecule has 2 heterocycles. The third-order valence-corrected chi connectivity index (χ3v) is 4.08. The van der Waals surface area contributed by atoms with Crippen LogP contribution in [-0.2, 0) is 6.42 Å². The highest BCUT2D eigenvalue weighted by molar-refractivity contribution is 7.18. The SMILES string of the molecule is O=C(NCCc1nc2ccccc2s1)Nc1ccncc1F. The van der Waals surface area contributed by atoms with Gasteiger partial charge >= 0.3 is 6.03 Å². The predicted octanol–water partition coefficient (Wildman–Crippen LogP) is 3.19. The van der Waals surface area contributed by atoms with E-state index in [2.05, 4.69) is 20.6 Å². The highest BCUT2D eigenvalue weighted by Gasteiger charge is 2.07. The number of urea groups is 1.